The zero-order valence-electron chi connectivity index (χ0n) is 17.1. The Morgan fingerprint density at radius 1 is 1.12 bits per heavy atom. The Morgan fingerprint density at radius 3 is 2.70 bits per heavy atom. The molecular formula is C20H18BrF3N8O. The van der Waals surface area contributed by atoms with E-state index in [1.54, 1.807) is 16.8 Å². The predicted molar refractivity (Wildman–Crippen MR) is 118 cm³/mol. The van der Waals surface area contributed by atoms with Crippen molar-refractivity contribution in [3.8, 4) is 11.3 Å². The summed E-state index contributed by atoms with van der Waals surface area (Å²) in [6.45, 7) is 2.71. The molecule has 1 aliphatic heterocycles. The molecule has 0 unspecified atom stereocenters. The van der Waals surface area contributed by atoms with E-state index in [0.29, 0.717) is 54.1 Å². The number of anilines is 2. The topological polar surface area (TPSA) is 96.3 Å². The number of alkyl halides is 3. The van der Waals surface area contributed by atoms with Gasteiger partial charge in [0.25, 0.3) is 0 Å². The van der Waals surface area contributed by atoms with Crippen molar-refractivity contribution in [2.24, 2.45) is 0 Å². The molecule has 0 spiro atoms. The fourth-order valence-corrected chi connectivity index (χ4v) is 3.92. The van der Waals surface area contributed by atoms with Crippen molar-refractivity contribution >= 4 is 33.5 Å². The van der Waals surface area contributed by atoms with E-state index in [4.69, 9.17) is 4.74 Å². The summed E-state index contributed by atoms with van der Waals surface area (Å²) in [5.74, 6) is 1.42. The zero-order chi connectivity index (χ0) is 23.0. The molecule has 0 atom stereocenters. The largest absolute Gasteiger partial charge is 0.417 e. The van der Waals surface area contributed by atoms with Crippen molar-refractivity contribution in [1.82, 2.24) is 29.5 Å². The van der Waals surface area contributed by atoms with E-state index in [2.05, 4.69) is 46.3 Å². The van der Waals surface area contributed by atoms with Crippen LogP contribution in [-0.4, -0.2) is 55.9 Å². The Hall–Kier alpha value is -3.19. The van der Waals surface area contributed by atoms with Crippen LogP contribution in [0.2, 0.25) is 0 Å². The molecule has 0 aliphatic carbocycles. The number of hydrogen-bond donors (Lipinski definition) is 2. The highest BCUT2D eigenvalue weighted by Crippen LogP contribution is 2.36. The Balaban J connectivity index is 1.41. The molecule has 33 heavy (non-hydrogen) atoms. The van der Waals surface area contributed by atoms with Crippen molar-refractivity contribution < 1.29 is 17.9 Å². The lowest BCUT2D eigenvalue weighted by Gasteiger charge is -2.27. The van der Waals surface area contributed by atoms with Gasteiger partial charge in [0.2, 0.25) is 11.9 Å². The summed E-state index contributed by atoms with van der Waals surface area (Å²) in [7, 11) is 0. The molecule has 0 radical (unpaired) electrons. The standard InChI is InChI=1S/C20H18BrF3N8O/c21-14-9-27-32-17(14)29-19(31-5-7-33-8-6-31)30-18(32)26-11-16-25-10-15(28-16)12-3-1-2-4-13(12)20(22,23)24/h1-4,9-10H,5-8,11H2,(H,25,28)(H,26,29,30). The van der Waals surface area contributed by atoms with Gasteiger partial charge in [-0.05, 0) is 22.0 Å². The minimum absolute atomic E-state index is 0.0405. The van der Waals surface area contributed by atoms with Crippen LogP contribution >= 0.6 is 15.9 Å². The van der Waals surface area contributed by atoms with Crippen LogP contribution in [0.25, 0.3) is 16.9 Å². The third-order valence-electron chi connectivity index (χ3n) is 5.17. The van der Waals surface area contributed by atoms with Gasteiger partial charge >= 0.3 is 6.18 Å². The number of H-pyrrole nitrogens is 1. The molecule has 4 heterocycles. The van der Waals surface area contributed by atoms with Crippen LogP contribution in [0.5, 0.6) is 0 Å². The lowest BCUT2D eigenvalue weighted by atomic mass is 10.1. The van der Waals surface area contributed by atoms with Gasteiger partial charge in [0, 0.05) is 18.7 Å². The SMILES string of the molecule is FC(F)(F)c1ccccc1-c1cnc(CNc2nc(N3CCOCC3)nc3c(Br)cnn23)[nH]1. The smallest absolute Gasteiger partial charge is 0.378 e. The molecule has 0 saturated carbocycles. The number of halogens is 4. The second kappa shape index (κ2) is 8.63. The first-order chi connectivity index (χ1) is 15.9. The molecule has 1 aliphatic rings. The number of nitrogens with zero attached hydrogens (tertiary/aromatic N) is 6. The minimum atomic E-state index is -4.46. The summed E-state index contributed by atoms with van der Waals surface area (Å²) >= 11 is 3.45. The maximum absolute atomic E-state index is 13.4. The fourth-order valence-electron chi connectivity index (χ4n) is 3.58. The van der Waals surface area contributed by atoms with Crippen LogP contribution < -0.4 is 10.2 Å². The number of aromatic nitrogens is 6. The summed E-state index contributed by atoms with van der Waals surface area (Å²) in [6, 6.07) is 5.38. The number of fused-ring (bicyclic) bond motifs is 1. The van der Waals surface area contributed by atoms with Crippen LogP contribution in [0.1, 0.15) is 11.4 Å². The van der Waals surface area contributed by atoms with Gasteiger partial charge in [0.15, 0.2) is 5.65 Å². The second-order valence-electron chi connectivity index (χ2n) is 7.32. The first-order valence-corrected chi connectivity index (χ1v) is 10.9. The molecule has 13 heteroatoms. The van der Waals surface area contributed by atoms with Gasteiger partial charge in [-0.1, -0.05) is 18.2 Å². The third-order valence-corrected chi connectivity index (χ3v) is 5.73. The van der Waals surface area contributed by atoms with E-state index in [-0.39, 0.29) is 17.8 Å². The maximum Gasteiger partial charge on any atom is 0.417 e. The second-order valence-corrected chi connectivity index (χ2v) is 8.17. The molecule has 172 valence electrons. The number of ether oxygens (including phenoxy) is 1. The Bertz CT molecular complexity index is 1280. The first-order valence-electron chi connectivity index (χ1n) is 10.1. The number of imidazole rings is 1. The van der Waals surface area contributed by atoms with E-state index in [9.17, 15) is 13.2 Å². The van der Waals surface area contributed by atoms with Crippen LogP contribution in [-0.2, 0) is 17.5 Å². The Labute approximate surface area is 194 Å². The molecule has 0 bridgehead atoms. The van der Waals surface area contributed by atoms with Gasteiger partial charge in [-0.3, -0.25) is 0 Å². The van der Waals surface area contributed by atoms with E-state index in [1.807, 2.05) is 4.90 Å². The normalized spacial score (nSPS) is 14.7. The van der Waals surface area contributed by atoms with Crippen LogP contribution in [0, 0.1) is 0 Å². The average Bonchev–Trinajstić information content (AvgIpc) is 3.44. The molecular weight excluding hydrogens is 505 g/mol. The van der Waals surface area contributed by atoms with E-state index >= 15 is 0 Å². The summed E-state index contributed by atoms with van der Waals surface area (Å²) < 4.78 is 47.8. The van der Waals surface area contributed by atoms with E-state index < -0.39 is 11.7 Å². The van der Waals surface area contributed by atoms with Crippen LogP contribution in [0.4, 0.5) is 25.1 Å². The summed E-state index contributed by atoms with van der Waals surface area (Å²) in [4.78, 5) is 18.4. The van der Waals surface area contributed by atoms with E-state index in [1.165, 1.54) is 18.3 Å². The quantitative estimate of drug-likeness (QED) is 0.412. The Kier molecular flexibility index (Phi) is 5.66. The lowest BCUT2D eigenvalue weighted by Crippen LogP contribution is -2.37. The number of hydrogen-bond acceptors (Lipinski definition) is 7. The summed E-state index contributed by atoms with van der Waals surface area (Å²) in [5.41, 5.74) is 0.192. The molecule has 0 amide bonds. The van der Waals surface area contributed by atoms with Gasteiger partial charge < -0.3 is 19.9 Å². The molecule has 4 aromatic rings. The summed E-state index contributed by atoms with van der Waals surface area (Å²) in [6.07, 6.45) is -1.45. The highest BCUT2D eigenvalue weighted by Gasteiger charge is 2.33. The molecule has 1 saturated heterocycles. The molecule has 1 aromatic carbocycles. The third kappa shape index (κ3) is 4.37. The fraction of sp³-hybridized carbons (Fsp3) is 0.300. The van der Waals surface area contributed by atoms with Gasteiger partial charge in [-0.25, -0.2) is 4.98 Å². The highest BCUT2D eigenvalue weighted by molar-refractivity contribution is 9.10. The number of nitrogens with one attached hydrogen (secondary N) is 2. The molecule has 1 fully saturated rings. The van der Waals surface area contributed by atoms with E-state index in [0.717, 1.165) is 6.07 Å². The molecule has 5 rings (SSSR count). The maximum atomic E-state index is 13.4. The van der Waals surface area contributed by atoms with Crippen molar-refractivity contribution in [3.63, 3.8) is 0 Å². The van der Waals surface area contributed by atoms with Crippen molar-refractivity contribution in [2.75, 3.05) is 36.5 Å². The van der Waals surface area contributed by atoms with Gasteiger partial charge in [0.05, 0.1) is 47.9 Å². The first kappa shape index (κ1) is 21.6. The monoisotopic (exact) mass is 522 g/mol. The van der Waals surface area contributed by atoms with Crippen molar-refractivity contribution in [2.45, 2.75) is 12.7 Å². The number of rotatable bonds is 5. The Morgan fingerprint density at radius 2 is 1.91 bits per heavy atom. The number of aromatic amines is 1. The van der Waals surface area contributed by atoms with Crippen molar-refractivity contribution in [3.05, 3.63) is 52.5 Å². The zero-order valence-corrected chi connectivity index (χ0v) is 18.7. The molecule has 2 N–H and O–H groups in total. The van der Waals surface area contributed by atoms with Crippen molar-refractivity contribution in [1.29, 1.82) is 0 Å². The average molecular weight is 523 g/mol. The molecule has 9 nitrogen and oxygen atoms in total. The van der Waals surface area contributed by atoms with Crippen LogP contribution in [0.15, 0.2) is 41.1 Å². The summed E-state index contributed by atoms with van der Waals surface area (Å²) in [5, 5.41) is 7.45. The predicted octanol–water partition coefficient (Wildman–Crippen LogP) is 3.74. The lowest BCUT2D eigenvalue weighted by molar-refractivity contribution is -0.137. The highest BCUT2D eigenvalue weighted by atomic mass is 79.9. The van der Waals surface area contributed by atoms with Crippen LogP contribution in [0.3, 0.4) is 0 Å². The number of morpholine rings is 1. The number of benzene rings is 1. The molecule has 3 aromatic heterocycles. The van der Waals surface area contributed by atoms with Gasteiger partial charge in [-0.2, -0.15) is 32.8 Å². The van der Waals surface area contributed by atoms with Gasteiger partial charge in [0.1, 0.15) is 5.82 Å². The van der Waals surface area contributed by atoms with Gasteiger partial charge in [-0.15, -0.1) is 0 Å². The minimum Gasteiger partial charge on any atom is -0.378 e.